The first-order valence-corrected chi connectivity index (χ1v) is 8.46. The molecule has 0 heterocycles. The van der Waals surface area contributed by atoms with E-state index in [1.165, 1.54) is 12.8 Å². The fraction of sp³-hybridized carbons (Fsp3) is 0.316. The van der Waals surface area contributed by atoms with E-state index in [9.17, 15) is 0 Å². The highest BCUT2D eigenvalue weighted by molar-refractivity contribution is 6.30. The number of methoxy groups -OCH3 is 1. The highest BCUT2D eigenvalue weighted by Gasteiger charge is 2.04. The van der Waals surface area contributed by atoms with Gasteiger partial charge in [-0.05, 0) is 54.4 Å². The van der Waals surface area contributed by atoms with E-state index in [1.54, 1.807) is 13.3 Å². The Morgan fingerprint density at radius 2 is 1.88 bits per heavy atom. The molecule has 1 N–H and O–H groups in total. The van der Waals surface area contributed by atoms with Crippen LogP contribution in [-0.4, -0.2) is 19.9 Å². The summed E-state index contributed by atoms with van der Waals surface area (Å²) >= 11 is 5.85. The van der Waals surface area contributed by atoms with Crippen molar-refractivity contribution in [3.63, 3.8) is 0 Å². The zero-order valence-electron chi connectivity index (χ0n) is 14.1. The van der Waals surface area contributed by atoms with Crippen LogP contribution < -0.4 is 14.9 Å². The predicted molar refractivity (Wildman–Crippen MR) is 101 cm³/mol. The highest BCUT2D eigenvalue weighted by Crippen LogP contribution is 2.27. The lowest BCUT2D eigenvalue weighted by Gasteiger charge is -2.11. The van der Waals surface area contributed by atoms with Crippen molar-refractivity contribution in [2.75, 3.05) is 19.1 Å². The Balaban J connectivity index is 1.95. The second kappa shape index (κ2) is 9.83. The molecule has 0 spiro atoms. The lowest BCUT2D eigenvalue weighted by molar-refractivity contribution is 0.286. The maximum Gasteiger partial charge on any atom is 0.161 e. The Kier molecular flexibility index (Phi) is 7.43. The van der Waals surface area contributed by atoms with Gasteiger partial charge in [0.05, 0.1) is 25.6 Å². The third-order valence-electron chi connectivity index (χ3n) is 3.44. The number of nitrogens with one attached hydrogen (secondary N) is 1. The van der Waals surface area contributed by atoms with E-state index in [-0.39, 0.29) is 0 Å². The molecule has 0 bridgehead atoms. The van der Waals surface area contributed by atoms with E-state index < -0.39 is 0 Å². The molecule has 0 unspecified atom stereocenters. The maximum absolute atomic E-state index is 5.85. The molecule has 0 aliphatic rings. The summed E-state index contributed by atoms with van der Waals surface area (Å²) in [6.45, 7) is 2.88. The summed E-state index contributed by atoms with van der Waals surface area (Å²) in [5.74, 6) is 1.47. The summed E-state index contributed by atoms with van der Waals surface area (Å²) in [4.78, 5) is 0. The second-order valence-corrected chi connectivity index (χ2v) is 5.78. The number of halogens is 1. The summed E-state index contributed by atoms with van der Waals surface area (Å²) in [6, 6.07) is 13.1. The molecule has 2 aromatic rings. The van der Waals surface area contributed by atoms with Crippen molar-refractivity contribution < 1.29 is 9.47 Å². The van der Waals surface area contributed by atoms with Gasteiger partial charge < -0.3 is 9.47 Å². The number of ether oxygens (including phenoxy) is 2. The van der Waals surface area contributed by atoms with Crippen molar-refractivity contribution in [2.24, 2.45) is 5.10 Å². The number of hydrogen-bond donors (Lipinski definition) is 1. The lowest BCUT2D eigenvalue weighted by Crippen LogP contribution is -2.00. The summed E-state index contributed by atoms with van der Waals surface area (Å²) in [6.07, 6.45) is 5.13. The molecule has 0 amide bonds. The van der Waals surface area contributed by atoms with Crippen molar-refractivity contribution in [3.8, 4) is 11.5 Å². The van der Waals surface area contributed by atoms with Crippen LogP contribution in [0.15, 0.2) is 47.6 Å². The number of benzene rings is 2. The Bertz CT molecular complexity index is 657. The molecule has 128 valence electrons. The Labute approximate surface area is 148 Å². The zero-order chi connectivity index (χ0) is 17.2. The fourth-order valence-corrected chi connectivity index (χ4v) is 2.25. The molecule has 5 heteroatoms. The van der Waals surface area contributed by atoms with Gasteiger partial charge in [-0.2, -0.15) is 5.10 Å². The normalized spacial score (nSPS) is 10.8. The monoisotopic (exact) mass is 346 g/mol. The van der Waals surface area contributed by atoms with Crippen molar-refractivity contribution in [2.45, 2.75) is 26.2 Å². The van der Waals surface area contributed by atoms with Gasteiger partial charge in [0.1, 0.15) is 0 Å². The fourth-order valence-electron chi connectivity index (χ4n) is 2.12. The molecule has 0 radical (unpaired) electrons. The first kappa shape index (κ1) is 18.1. The zero-order valence-corrected chi connectivity index (χ0v) is 14.8. The van der Waals surface area contributed by atoms with Gasteiger partial charge in [0.25, 0.3) is 0 Å². The lowest BCUT2D eigenvalue weighted by atomic mass is 10.2. The van der Waals surface area contributed by atoms with Gasteiger partial charge in [0.2, 0.25) is 0 Å². The number of anilines is 1. The molecule has 0 aliphatic heterocycles. The largest absolute Gasteiger partial charge is 0.493 e. The summed E-state index contributed by atoms with van der Waals surface area (Å²) in [5, 5.41) is 4.92. The van der Waals surface area contributed by atoms with Crippen molar-refractivity contribution in [1.82, 2.24) is 0 Å². The number of unbranched alkanes of at least 4 members (excludes halogenated alkanes) is 2. The minimum atomic E-state index is 0.698. The standard InChI is InChI=1S/C19H23ClN2O2/c1-3-4-5-12-24-18-11-6-15(13-19(18)23-2)14-21-22-17-9-7-16(20)8-10-17/h6-11,13-14,22H,3-5,12H2,1-2H3/b21-14+. The SMILES string of the molecule is CCCCCOc1ccc(/C=N/Nc2ccc(Cl)cc2)cc1OC. The summed E-state index contributed by atoms with van der Waals surface area (Å²) in [7, 11) is 1.64. The maximum atomic E-state index is 5.85. The van der Waals surface area contributed by atoms with Gasteiger partial charge in [-0.25, -0.2) is 0 Å². The number of nitrogens with zero attached hydrogens (tertiary/aromatic N) is 1. The molecule has 0 fully saturated rings. The van der Waals surface area contributed by atoms with E-state index in [1.807, 2.05) is 42.5 Å². The third kappa shape index (κ3) is 5.78. The van der Waals surface area contributed by atoms with E-state index in [4.69, 9.17) is 21.1 Å². The molecule has 0 saturated carbocycles. The molecule has 24 heavy (non-hydrogen) atoms. The van der Waals surface area contributed by atoms with Gasteiger partial charge in [0, 0.05) is 5.02 Å². The first-order chi connectivity index (χ1) is 11.7. The predicted octanol–water partition coefficient (Wildman–Crippen LogP) is 5.36. The van der Waals surface area contributed by atoms with Gasteiger partial charge in [0.15, 0.2) is 11.5 Å². The van der Waals surface area contributed by atoms with Crippen LogP contribution >= 0.6 is 11.6 Å². The third-order valence-corrected chi connectivity index (χ3v) is 3.70. The van der Waals surface area contributed by atoms with Crippen LogP contribution in [0.4, 0.5) is 5.69 Å². The molecule has 2 rings (SSSR count). The average molecular weight is 347 g/mol. The van der Waals surface area contributed by atoms with Crippen LogP contribution in [0.2, 0.25) is 5.02 Å². The first-order valence-electron chi connectivity index (χ1n) is 8.08. The van der Waals surface area contributed by atoms with Crippen molar-refractivity contribution in [3.05, 3.63) is 53.1 Å². The van der Waals surface area contributed by atoms with Crippen LogP contribution in [0.1, 0.15) is 31.7 Å². The number of hydrogen-bond acceptors (Lipinski definition) is 4. The molecule has 0 aliphatic carbocycles. The van der Waals surface area contributed by atoms with Crippen LogP contribution in [0.3, 0.4) is 0 Å². The molecule has 2 aromatic carbocycles. The van der Waals surface area contributed by atoms with E-state index in [2.05, 4.69) is 17.5 Å². The Morgan fingerprint density at radius 3 is 2.58 bits per heavy atom. The molecule has 0 aromatic heterocycles. The topological polar surface area (TPSA) is 42.8 Å². The van der Waals surface area contributed by atoms with Crippen LogP contribution in [0, 0.1) is 0 Å². The van der Waals surface area contributed by atoms with Crippen molar-refractivity contribution in [1.29, 1.82) is 0 Å². The van der Waals surface area contributed by atoms with Crippen LogP contribution in [-0.2, 0) is 0 Å². The van der Waals surface area contributed by atoms with E-state index in [0.717, 1.165) is 23.4 Å². The summed E-state index contributed by atoms with van der Waals surface area (Å²) in [5.41, 5.74) is 4.76. The smallest absolute Gasteiger partial charge is 0.161 e. The minimum absolute atomic E-state index is 0.698. The van der Waals surface area contributed by atoms with E-state index in [0.29, 0.717) is 17.4 Å². The molecular weight excluding hydrogens is 324 g/mol. The van der Waals surface area contributed by atoms with Crippen LogP contribution in [0.25, 0.3) is 0 Å². The molecule has 0 atom stereocenters. The Hall–Kier alpha value is -2.20. The van der Waals surface area contributed by atoms with Gasteiger partial charge >= 0.3 is 0 Å². The van der Waals surface area contributed by atoms with Crippen LogP contribution in [0.5, 0.6) is 11.5 Å². The minimum Gasteiger partial charge on any atom is -0.493 e. The number of hydrazone groups is 1. The molecule has 0 saturated heterocycles. The van der Waals surface area contributed by atoms with Gasteiger partial charge in [-0.3, -0.25) is 5.43 Å². The highest BCUT2D eigenvalue weighted by atomic mass is 35.5. The summed E-state index contributed by atoms with van der Waals surface area (Å²) < 4.78 is 11.2. The van der Waals surface area contributed by atoms with E-state index >= 15 is 0 Å². The second-order valence-electron chi connectivity index (χ2n) is 5.34. The average Bonchev–Trinajstić information content (AvgIpc) is 2.61. The Morgan fingerprint density at radius 1 is 1.08 bits per heavy atom. The number of rotatable bonds is 9. The van der Waals surface area contributed by atoms with Crippen molar-refractivity contribution >= 4 is 23.5 Å². The van der Waals surface area contributed by atoms with Gasteiger partial charge in [-0.15, -0.1) is 0 Å². The quantitative estimate of drug-likeness (QED) is 0.377. The van der Waals surface area contributed by atoms with Gasteiger partial charge in [-0.1, -0.05) is 31.4 Å². The molecule has 4 nitrogen and oxygen atoms in total. The molecular formula is C19H23ClN2O2.